The molecule has 1 rings (SSSR count). The van der Waals surface area contributed by atoms with Gasteiger partial charge in [0.05, 0.1) is 5.69 Å². The Bertz CT molecular complexity index is 371. The molecule has 0 radical (unpaired) electrons. The first-order chi connectivity index (χ1) is 7.63. The lowest BCUT2D eigenvalue weighted by Crippen LogP contribution is -2.18. The quantitative estimate of drug-likeness (QED) is 0.781. The molecule has 0 saturated carbocycles. The molecule has 3 nitrogen and oxygen atoms in total. The molecular formula is C11H14ClFN2O. The van der Waals surface area contributed by atoms with Gasteiger partial charge in [0.25, 0.3) is 0 Å². The van der Waals surface area contributed by atoms with Crippen molar-refractivity contribution in [3.8, 4) is 0 Å². The molecule has 5 heteroatoms. The van der Waals surface area contributed by atoms with Crippen LogP contribution in [0.2, 0.25) is 5.02 Å². The molecule has 0 saturated heterocycles. The fourth-order valence-corrected chi connectivity index (χ4v) is 1.39. The molecule has 0 aliphatic heterocycles. The Morgan fingerprint density at radius 3 is 2.88 bits per heavy atom. The lowest BCUT2D eigenvalue weighted by molar-refractivity contribution is -0.120. The first-order valence-corrected chi connectivity index (χ1v) is 5.41. The van der Waals surface area contributed by atoms with Crippen LogP contribution in [0, 0.1) is 5.82 Å². The summed E-state index contributed by atoms with van der Waals surface area (Å²) in [5.74, 6) is -0.397. The highest BCUT2D eigenvalue weighted by atomic mass is 35.5. The van der Waals surface area contributed by atoms with E-state index in [1.165, 1.54) is 6.07 Å². The number of benzene rings is 1. The van der Waals surface area contributed by atoms with E-state index in [9.17, 15) is 9.18 Å². The van der Waals surface area contributed by atoms with E-state index in [-0.39, 0.29) is 11.7 Å². The molecule has 88 valence electrons. The van der Waals surface area contributed by atoms with Crippen LogP contribution in [0.15, 0.2) is 18.2 Å². The second kappa shape index (κ2) is 6.33. The predicted molar refractivity (Wildman–Crippen MR) is 63.2 cm³/mol. The molecule has 0 fully saturated rings. The van der Waals surface area contributed by atoms with Crippen molar-refractivity contribution in [1.82, 2.24) is 5.32 Å². The fraction of sp³-hybridized carbons (Fsp3) is 0.364. The maximum Gasteiger partial charge on any atom is 0.219 e. The summed E-state index contributed by atoms with van der Waals surface area (Å²) in [5, 5.41) is 5.80. The van der Waals surface area contributed by atoms with Crippen LogP contribution in [0.4, 0.5) is 10.1 Å². The molecule has 0 atom stereocenters. The lowest BCUT2D eigenvalue weighted by atomic mass is 10.2. The molecule has 1 amide bonds. The summed E-state index contributed by atoms with van der Waals surface area (Å²) in [6.07, 6.45) is 1.08. The maximum absolute atomic E-state index is 13.3. The monoisotopic (exact) mass is 244 g/mol. The van der Waals surface area contributed by atoms with Crippen molar-refractivity contribution in [3.63, 3.8) is 0 Å². The van der Waals surface area contributed by atoms with Crippen molar-refractivity contribution < 1.29 is 9.18 Å². The average molecular weight is 245 g/mol. The number of carbonyl (C=O) groups excluding carboxylic acids is 1. The number of carbonyl (C=O) groups is 1. The van der Waals surface area contributed by atoms with Crippen LogP contribution < -0.4 is 10.6 Å². The summed E-state index contributed by atoms with van der Waals surface area (Å²) in [5.41, 5.74) is 0.404. The summed E-state index contributed by atoms with van der Waals surface area (Å²) in [7, 11) is 1.59. The molecule has 0 aromatic heterocycles. The van der Waals surface area contributed by atoms with E-state index in [2.05, 4.69) is 10.6 Å². The number of nitrogens with one attached hydrogen (secondary N) is 2. The Morgan fingerprint density at radius 1 is 1.50 bits per heavy atom. The minimum atomic E-state index is -0.382. The first-order valence-electron chi connectivity index (χ1n) is 5.03. The van der Waals surface area contributed by atoms with Crippen molar-refractivity contribution in [2.24, 2.45) is 0 Å². The van der Waals surface area contributed by atoms with Gasteiger partial charge in [0.15, 0.2) is 0 Å². The third-order valence-corrected chi connectivity index (χ3v) is 2.34. The van der Waals surface area contributed by atoms with Crippen LogP contribution in [0.5, 0.6) is 0 Å². The average Bonchev–Trinajstić information content (AvgIpc) is 2.26. The third-order valence-electron chi connectivity index (χ3n) is 2.11. The smallest absolute Gasteiger partial charge is 0.219 e. The molecule has 0 spiro atoms. The minimum Gasteiger partial charge on any atom is -0.383 e. The number of hydrogen-bond donors (Lipinski definition) is 2. The Hall–Kier alpha value is -1.29. The molecule has 0 aliphatic rings. The molecule has 2 N–H and O–H groups in total. The van der Waals surface area contributed by atoms with E-state index in [1.807, 2.05) is 0 Å². The normalized spacial score (nSPS) is 9.94. The van der Waals surface area contributed by atoms with Crippen molar-refractivity contribution in [3.05, 3.63) is 29.0 Å². The number of halogens is 2. The summed E-state index contributed by atoms with van der Waals surface area (Å²) in [4.78, 5) is 10.9. The molecule has 0 aliphatic carbocycles. The van der Waals surface area contributed by atoms with Gasteiger partial charge in [-0.1, -0.05) is 11.6 Å². The van der Waals surface area contributed by atoms with Crippen LogP contribution in [-0.2, 0) is 4.79 Å². The number of hydrogen-bond acceptors (Lipinski definition) is 2. The molecular weight excluding hydrogens is 231 g/mol. The Kier molecular flexibility index (Phi) is 5.05. The van der Waals surface area contributed by atoms with Gasteiger partial charge in [0.1, 0.15) is 5.82 Å². The van der Waals surface area contributed by atoms with Crippen LogP contribution in [0.3, 0.4) is 0 Å². The van der Waals surface area contributed by atoms with Gasteiger partial charge in [0.2, 0.25) is 5.91 Å². The van der Waals surface area contributed by atoms with Gasteiger partial charge in [-0.2, -0.15) is 0 Å². The van der Waals surface area contributed by atoms with E-state index in [1.54, 1.807) is 19.2 Å². The van der Waals surface area contributed by atoms with E-state index in [4.69, 9.17) is 11.6 Å². The topological polar surface area (TPSA) is 41.1 Å². The van der Waals surface area contributed by atoms with Gasteiger partial charge >= 0.3 is 0 Å². The van der Waals surface area contributed by atoms with E-state index >= 15 is 0 Å². The predicted octanol–water partition coefficient (Wildman–Crippen LogP) is 2.42. The third kappa shape index (κ3) is 4.06. The maximum atomic E-state index is 13.3. The Labute approximate surface area is 99.0 Å². The Balaban J connectivity index is 2.35. The highest BCUT2D eigenvalue weighted by Crippen LogP contribution is 2.18. The van der Waals surface area contributed by atoms with Gasteiger partial charge < -0.3 is 10.6 Å². The van der Waals surface area contributed by atoms with E-state index in [0.29, 0.717) is 30.1 Å². The van der Waals surface area contributed by atoms with Crippen molar-refractivity contribution in [2.75, 3.05) is 18.9 Å². The van der Waals surface area contributed by atoms with Crippen molar-refractivity contribution >= 4 is 23.2 Å². The van der Waals surface area contributed by atoms with Gasteiger partial charge in [-0.25, -0.2) is 4.39 Å². The van der Waals surface area contributed by atoms with Crippen molar-refractivity contribution in [1.29, 1.82) is 0 Å². The highest BCUT2D eigenvalue weighted by Gasteiger charge is 2.02. The molecule has 0 bridgehead atoms. The first kappa shape index (κ1) is 12.8. The van der Waals surface area contributed by atoms with Gasteiger partial charge in [0, 0.05) is 25.0 Å². The molecule has 0 unspecified atom stereocenters. The van der Waals surface area contributed by atoms with Crippen LogP contribution in [0.1, 0.15) is 12.8 Å². The van der Waals surface area contributed by atoms with E-state index < -0.39 is 0 Å². The zero-order valence-corrected chi connectivity index (χ0v) is 9.77. The summed E-state index contributed by atoms with van der Waals surface area (Å²) in [6.45, 7) is 0.548. The minimum absolute atomic E-state index is 0.0154. The molecule has 0 heterocycles. The van der Waals surface area contributed by atoms with Crippen LogP contribution in [0.25, 0.3) is 0 Å². The summed E-state index contributed by atoms with van der Waals surface area (Å²) >= 11 is 5.62. The van der Waals surface area contributed by atoms with E-state index in [0.717, 1.165) is 0 Å². The molecule has 16 heavy (non-hydrogen) atoms. The zero-order chi connectivity index (χ0) is 12.0. The molecule has 1 aromatic carbocycles. The highest BCUT2D eigenvalue weighted by molar-refractivity contribution is 6.30. The summed E-state index contributed by atoms with van der Waals surface area (Å²) < 4.78 is 13.3. The Morgan fingerprint density at radius 2 is 2.25 bits per heavy atom. The number of rotatable bonds is 5. The second-order valence-electron chi connectivity index (χ2n) is 3.33. The molecule has 1 aromatic rings. The second-order valence-corrected chi connectivity index (χ2v) is 3.76. The van der Waals surface area contributed by atoms with Gasteiger partial charge in [-0.3, -0.25) is 4.79 Å². The lowest BCUT2D eigenvalue weighted by Gasteiger charge is -2.07. The van der Waals surface area contributed by atoms with Crippen LogP contribution >= 0.6 is 11.6 Å². The standard InChI is InChI=1S/C11H14ClFN2O/c1-14-11(16)3-2-6-15-10-5-4-8(12)7-9(10)13/h4-5,7,15H,2-3,6H2,1H3,(H,14,16). The fourth-order valence-electron chi connectivity index (χ4n) is 1.23. The van der Waals surface area contributed by atoms with Crippen LogP contribution in [-0.4, -0.2) is 19.5 Å². The number of amides is 1. The number of anilines is 1. The van der Waals surface area contributed by atoms with Crippen molar-refractivity contribution in [2.45, 2.75) is 12.8 Å². The van der Waals surface area contributed by atoms with Gasteiger partial charge in [-0.15, -0.1) is 0 Å². The van der Waals surface area contributed by atoms with Gasteiger partial charge in [-0.05, 0) is 24.6 Å². The SMILES string of the molecule is CNC(=O)CCCNc1ccc(Cl)cc1F. The summed E-state index contributed by atoms with van der Waals surface area (Å²) in [6, 6.07) is 4.45. The largest absolute Gasteiger partial charge is 0.383 e. The zero-order valence-electron chi connectivity index (χ0n) is 9.02.